The molecule has 0 spiro atoms. The SMILES string of the molecule is O=C(OC[C@@H]1C[C@H]2CC[C@H]1C2)c1sccc1S(=O)(=O)N1CCCC1. The van der Waals surface area contributed by atoms with Gasteiger partial charge in [0.1, 0.15) is 9.77 Å². The third-order valence-electron chi connectivity index (χ3n) is 5.81. The van der Waals surface area contributed by atoms with E-state index < -0.39 is 16.0 Å². The summed E-state index contributed by atoms with van der Waals surface area (Å²) in [6, 6.07) is 1.53. The number of carbonyl (C=O) groups excluding carboxylic acids is 1. The van der Waals surface area contributed by atoms with Crippen LogP contribution in [-0.2, 0) is 14.8 Å². The largest absolute Gasteiger partial charge is 0.461 e. The van der Waals surface area contributed by atoms with Gasteiger partial charge in [-0.2, -0.15) is 4.31 Å². The fourth-order valence-corrected chi connectivity index (χ4v) is 7.35. The molecule has 5 nitrogen and oxygen atoms in total. The minimum absolute atomic E-state index is 0.118. The van der Waals surface area contributed by atoms with E-state index in [2.05, 4.69) is 0 Å². The van der Waals surface area contributed by atoms with Crippen LogP contribution in [0.2, 0.25) is 0 Å². The zero-order chi connectivity index (χ0) is 16.7. The van der Waals surface area contributed by atoms with E-state index in [0.717, 1.165) is 36.5 Å². The highest BCUT2D eigenvalue weighted by Crippen LogP contribution is 2.48. The summed E-state index contributed by atoms with van der Waals surface area (Å²) in [6.45, 7) is 1.51. The summed E-state index contributed by atoms with van der Waals surface area (Å²) in [4.78, 5) is 12.8. The smallest absolute Gasteiger partial charge is 0.349 e. The maximum atomic E-state index is 12.7. The van der Waals surface area contributed by atoms with Gasteiger partial charge in [-0.25, -0.2) is 13.2 Å². The molecule has 3 fully saturated rings. The Morgan fingerprint density at radius 2 is 2.04 bits per heavy atom. The van der Waals surface area contributed by atoms with E-state index in [1.807, 2.05) is 0 Å². The van der Waals surface area contributed by atoms with Gasteiger partial charge in [0.05, 0.1) is 6.61 Å². The maximum absolute atomic E-state index is 12.7. The van der Waals surface area contributed by atoms with Crippen molar-refractivity contribution in [3.8, 4) is 0 Å². The van der Waals surface area contributed by atoms with Crippen LogP contribution in [0.15, 0.2) is 16.3 Å². The van der Waals surface area contributed by atoms with Gasteiger partial charge in [0.2, 0.25) is 10.0 Å². The lowest BCUT2D eigenvalue weighted by atomic mass is 9.90. The molecule has 3 atom stereocenters. The molecular weight excluding hydrogens is 346 g/mol. The van der Waals surface area contributed by atoms with Crippen LogP contribution in [0.1, 0.15) is 48.2 Å². The number of sulfonamides is 1. The second-order valence-electron chi connectivity index (χ2n) is 7.26. The average Bonchev–Trinajstić information content (AvgIpc) is 3.36. The number of carbonyl (C=O) groups is 1. The number of esters is 1. The molecule has 1 aromatic rings. The lowest BCUT2D eigenvalue weighted by Crippen LogP contribution is -2.29. The molecule has 3 aliphatic rings. The number of thiophene rings is 1. The van der Waals surface area contributed by atoms with Crippen LogP contribution < -0.4 is 0 Å². The van der Waals surface area contributed by atoms with E-state index in [9.17, 15) is 13.2 Å². The Kier molecular flexibility index (Phi) is 4.43. The van der Waals surface area contributed by atoms with Crippen molar-refractivity contribution in [2.75, 3.05) is 19.7 Å². The second kappa shape index (κ2) is 6.42. The Morgan fingerprint density at radius 1 is 1.25 bits per heavy atom. The Labute approximate surface area is 147 Å². The van der Waals surface area contributed by atoms with Crippen molar-refractivity contribution in [1.29, 1.82) is 0 Å². The molecule has 4 rings (SSSR count). The normalized spacial score (nSPS) is 30.1. The van der Waals surface area contributed by atoms with Crippen molar-refractivity contribution in [3.05, 3.63) is 16.3 Å². The van der Waals surface area contributed by atoms with Gasteiger partial charge in [0.15, 0.2) is 0 Å². The summed E-state index contributed by atoms with van der Waals surface area (Å²) < 4.78 is 32.4. The number of ether oxygens (including phenoxy) is 1. The first-order chi connectivity index (χ1) is 11.6. The lowest BCUT2D eigenvalue weighted by molar-refractivity contribution is 0.0395. The molecule has 0 amide bonds. The van der Waals surface area contributed by atoms with Gasteiger partial charge in [0, 0.05) is 13.1 Å². The van der Waals surface area contributed by atoms with Gasteiger partial charge >= 0.3 is 5.97 Å². The van der Waals surface area contributed by atoms with Crippen molar-refractivity contribution < 1.29 is 17.9 Å². The standard InChI is InChI=1S/C17H23NO4S2/c19-17(22-11-14-10-12-3-4-13(14)9-12)16-15(5-8-23-16)24(20,21)18-6-1-2-7-18/h5,8,12-14H,1-4,6-7,9-11H2/t12-,13-,14-/m0/s1. The first kappa shape index (κ1) is 16.5. The minimum Gasteiger partial charge on any atom is -0.461 e. The first-order valence-electron chi connectivity index (χ1n) is 8.80. The van der Waals surface area contributed by atoms with Crippen LogP contribution in [0.5, 0.6) is 0 Å². The van der Waals surface area contributed by atoms with Crippen molar-refractivity contribution >= 4 is 27.3 Å². The molecule has 0 N–H and O–H groups in total. The first-order valence-corrected chi connectivity index (χ1v) is 11.1. The molecule has 2 heterocycles. The van der Waals surface area contributed by atoms with Gasteiger partial charge < -0.3 is 4.74 Å². The summed E-state index contributed by atoms with van der Waals surface area (Å²) >= 11 is 1.16. The maximum Gasteiger partial charge on any atom is 0.349 e. The molecule has 1 saturated heterocycles. The van der Waals surface area contributed by atoms with Gasteiger partial charge in [-0.15, -0.1) is 11.3 Å². The molecule has 2 bridgehead atoms. The number of nitrogens with zero attached hydrogens (tertiary/aromatic N) is 1. The highest BCUT2D eigenvalue weighted by Gasteiger charge is 2.40. The molecular formula is C17H23NO4S2. The fraction of sp³-hybridized carbons (Fsp3) is 0.706. The molecule has 0 unspecified atom stereocenters. The van der Waals surface area contributed by atoms with E-state index in [0.29, 0.717) is 31.5 Å². The molecule has 132 valence electrons. The monoisotopic (exact) mass is 369 g/mol. The van der Waals surface area contributed by atoms with E-state index >= 15 is 0 Å². The molecule has 2 aliphatic carbocycles. The molecule has 24 heavy (non-hydrogen) atoms. The van der Waals surface area contributed by atoms with Crippen LogP contribution in [0.3, 0.4) is 0 Å². The third-order valence-corrected chi connectivity index (χ3v) is 8.78. The molecule has 0 radical (unpaired) electrons. The van der Waals surface area contributed by atoms with Crippen LogP contribution in [0.4, 0.5) is 0 Å². The molecule has 2 saturated carbocycles. The van der Waals surface area contributed by atoms with Crippen LogP contribution in [-0.4, -0.2) is 38.4 Å². The zero-order valence-electron chi connectivity index (χ0n) is 13.6. The lowest BCUT2D eigenvalue weighted by Gasteiger charge is -2.21. The van der Waals surface area contributed by atoms with Gasteiger partial charge in [0.25, 0.3) is 0 Å². The molecule has 0 aromatic carbocycles. The molecule has 1 aliphatic heterocycles. The van der Waals surface area contributed by atoms with Crippen molar-refractivity contribution in [1.82, 2.24) is 4.31 Å². The van der Waals surface area contributed by atoms with Crippen molar-refractivity contribution in [2.24, 2.45) is 17.8 Å². The Bertz CT molecular complexity index is 721. The van der Waals surface area contributed by atoms with Crippen molar-refractivity contribution in [2.45, 2.75) is 43.4 Å². The van der Waals surface area contributed by atoms with E-state index in [4.69, 9.17) is 4.74 Å². The predicted octanol–water partition coefficient (Wildman–Crippen LogP) is 3.13. The zero-order valence-corrected chi connectivity index (χ0v) is 15.3. The molecule has 7 heteroatoms. The summed E-state index contributed by atoms with van der Waals surface area (Å²) in [6.07, 6.45) is 6.76. The topological polar surface area (TPSA) is 63.7 Å². The Hall–Kier alpha value is -0.920. The molecule has 1 aromatic heterocycles. The van der Waals surface area contributed by atoms with Gasteiger partial charge in [-0.1, -0.05) is 6.42 Å². The highest BCUT2D eigenvalue weighted by atomic mass is 32.2. The summed E-state index contributed by atoms with van der Waals surface area (Å²) in [5.41, 5.74) is 0. The number of fused-ring (bicyclic) bond motifs is 2. The third kappa shape index (κ3) is 2.91. The number of rotatable bonds is 5. The average molecular weight is 370 g/mol. The van der Waals surface area contributed by atoms with E-state index in [1.165, 1.54) is 29.6 Å². The summed E-state index contributed by atoms with van der Waals surface area (Å²) in [5, 5.41) is 1.66. The summed E-state index contributed by atoms with van der Waals surface area (Å²) in [7, 11) is -3.57. The van der Waals surface area contributed by atoms with Crippen LogP contribution in [0, 0.1) is 17.8 Å². The Balaban J connectivity index is 1.44. The number of hydrogen-bond acceptors (Lipinski definition) is 5. The van der Waals surface area contributed by atoms with Crippen LogP contribution in [0.25, 0.3) is 0 Å². The van der Waals surface area contributed by atoms with E-state index in [1.54, 1.807) is 5.38 Å². The van der Waals surface area contributed by atoms with Gasteiger partial charge in [-0.05, 0) is 61.3 Å². The highest BCUT2D eigenvalue weighted by molar-refractivity contribution is 7.89. The quantitative estimate of drug-likeness (QED) is 0.748. The van der Waals surface area contributed by atoms with Gasteiger partial charge in [-0.3, -0.25) is 0 Å². The Morgan fingerprint density at radius 3 is 2.71 bits per heavy atom. The fourth-order valence-electron chi connectivity index (χ4n) is 4.55. The predicted molar refractivity (Wildman–Crippen MR) is 91.5 cm³/mol. The second-order valence-corrected chi connectivity index (χ2v) is 10.1. The minimum atomic E-state index is -3.57. The summed E-state index contributed by atoms with van der Waals surface area (Å²) in [5.74, 6) is 1.49. The van der Waals surface area contributed by atoms with Crippen LogP contribution >= 0.6 is 11.3 Å². The van der Waals surface area contributed by atoms with Crippen molar-refractivity contribution in [3.63, 3.8) is 0 Å². The number of hydrogen-bond donors (Lipinski definition) is 0. The van der Waals surface area contributed by atoms with E-state index in [-0.39, 0.29) is 9.77 Å².